The molecule has 0 unspecified atom stereocenters. The van der Waals surface area contributed by atoms with Crippen LogP contribution >= 0.6 is 0 Å². The summed E-state index contributed by atoms with van der Waals surface area (Å²) in [5.74, 6) is 1.79. The largest absolute Gasteiger partial charge is 0.454 e. The maximum atomic E-state index is 6.14. The van der Waals surface area contributed by atoms with E-state index in [4.69, 9.17) is 19.4 Å². The van der Waals surface area contributed by atoms with Gasteiger partial charge in [0.2, 0.25) is 0 Å². The van der Waals surface area contributed by atoms with Crippen molar-refractivity contribution in [3.63, 3.8) is 0 Å². The highest BCUT2D eigenvalue weighted by Crippen LogP contribution is 2.37. The molecule has 206 valence electrons. The summed E-state index contributed by atoms with van der Waals surface area (Å²) in [6, 6.07) is 43.5. The number of furan rings is 1. The van der Waals surface area contributed by atoms with Gasteiger partial charge in [-0.1, -0.05) is 91.0 Å². The fourth-order valence-electron chi connectivity index (χ4n) is 6.19. The minimum atomic E-state index is 0.584. The zero-order valence-corrected chi connectivity index (χ0v) is 23.4. The number of pyridine rings is 1. The van der Waals surface area contributed by atoms with Crippen LogP contribution in [0.1, 0.15) is 0 Å². The van der Waals surface area contributed by atoms with E-state index >= 15 is 0 Å². The van der Waals surface area contributed by atoms with Gasteiger partial charge in [0.1, 0.15) is 5.58 Å². The van der Waals surface area contributed by atoms with Crippen molar-refractivity contribution in [1.82, 2.24) is 24.5 Å². The van der Waals surface area contributed by atoms with E-state index in [1.54, 1.807) is 12.4 Å². The molecule has 6 heteroatoms. The van der Waals surface area contributed by atoms with Crippen LogP contribution in [-0.4, -0.2) is 24.5 Å². The molecule has 5 aromatic carbocycles. The lowest BCUT2D eigenvalue weighted by molar-refractivity contribution is 0.667. The number of para-hydroxylation sites is 2. The zero-order valence-electron chi connectivity index (χ0n) is 23.4. The first kappa shape index (κ1) is 24.5. The van der Waals surface area contributed by atoms with Gasteiger partial charge in [-0.05, 0) is 36.4 Å². The first-order valence-electron chi connectivity index (χ1n) is 14.5. The van der Waals surface area contributed by atoms with Gasteiger partial charge in [-0.3, -0.25) is 4.98 Å². The van der Waals surface area contributed by atoms with Crippen LogP contribution in [0.3, 0.4) is 0 Å². The van der Waals surface area contributed by atoms with Crippen LogP contribution in [-0.2, 0) is 0 Å². The van der Waals surface area contributed by atoms with E-state index in [9.17, 15) is 0 Å². The Morgan fingerprint density at radius 2 is 1.16 bits per heavy atom. The van der Waals surface area contributed by atoms with Crippen molar-refractivity contribution in [2.75, 3.05) is 0 Å². The second-order valence-electron chi connectivity index (χ2n) is 10.7. The Balaban J connectivity index is 1.28. The third-order valence-corrected chi connectivity index (χ3v) is 8.15. The summed E-state index contributed by atoms with van der Waals surface area (Å²) in [6.07, 6.45) is 3.52. The highest BCUT2D eigenvalue weighted by molar-refractivity contribution is 6.12. The standard InChI is InChI=1S/C38H23N5O/c1-2-10-24(11-3-1)36-40-37(42-38(41-36)30-16-9-19-33-35(30)29-20-21-39-23-34(29)44-33)25-12-8-13-26(22-25)43-31-17-6-4-14-27(31)28-15-5-7-18-32(28)43/h1-23H. The minimum absolute atomic E-state index is 0.584. The Hall–Kier alpha value is -6.14. The van der Waals surface area contributed by atoms with Crippen LogP contribution in [0.5, 0.6) is 0 Å². The van der Waals surface area contributed by atoms with Gasteiger partial charge in [-0.2, -0.15) is 0 Å². The summed E-state index contributed by atoms with van der Waals surface area (Å²) in [5.41, 5.74) is 7.54. The summed E-state index contributed by atoms with van der Waals surface area (Å²) in [7, 11) is 0. The molecule has 9 rings (SSSR count). The average molecular weight is 566 g/mol. The first-order chi connectivity index (χ1) is 21.8. The van der Waals surface area contributed by atoms with E-state index in [2.05, 4.69) is 82.3 Å². The van der Waals surface area contributed by atoms with Gasteiger partial charge in [0.25, 0.3) is 0 Å². The smallest absolute Gasteiger partial charge is 0.164 e. The molecule has 0 N–H and O–H groups in total. The monoisotopic (exact) mass is 565 g/mol. The number of hydrogen-bond acceptors (Lipinski definition) is 5. The van der Waals surface area contributed by atoms with Gasteiger partial charge in [0.05, 0.1) is 17.2 Å². The molecular weight excluding hydrogens is 542 g/mol. The lowest BCUT2D eigenvalue weighted by atomic mass is 10.1. The number of rotatable bonds is 4. The summed E-state index contributed by atoms with van der Waals surface area (Å²) in [4.78, 5) is 19.4. The van der Waals surface area contributed by atoms with Crippen LogP contribution in [0.4, 0.5) is 0 Å². The van der Waals surface area contributed by atoms with Crippen molar-refractivity contribution in [2.45, 2.75) is 0 Å². The Labute approximate surface area is 251 Å². The molecule has 6 nitrogen and oxygen atoms in total. The molecule has 0 aliphatic rings. The predicted molar refractivity (Wildman–Crippen MR) is 176 cm³/mol. The van der Waals surface area contributed by atoms with Crippen LogP contribution in [0.15, 0.2) is 144 Å². The summed E-state index contributed by atoms with van der Waals surface area (Å²) < 4.78 is 8.44. The van der Waals surface area contributed by atoms with E-state index in [1.165, 1.54) is 10.8 Å². The summed E-state index contributed by atoms with van der Waals surface area (Å²) >= 11 is 0. The molecular formula is C38H23N5O. The molecule has 44 heavy (non-hydrogen) atoms. The maximum Gasteiger partial charge on any atom is 0.164 e. The van der Waals surface area contributed by atoms with Crippen LogP contribution in [0.2, 0.25) is 0 Å². The number of aromatic nitrogens is 5. The van der Waals surface area contributed by atoms with E-state index in [-0.39, 0.29) is 0 Å². The lowest BCUT2D eigenvalue weighted by Gasteiger charge is -2.12. The van der Waals surface area contributed by atoms with Crippen molar-refractivity contribution in [3.8, 4) is 39.9 Å². The second kappa shape index (κ2) is 9.71. The van der Waals surface area contributed by atoms with Crippen LogP contribution in [0.25, 0.3) is 83.6 Å². The third kappa shape index (κ3) is 3.82. The fraction of sp³-hybridized carbons (Fsp3) is 0. The van der Waals surface area contributed by atoms with Gasteiger partial charge in [0.15, 0.2) is 23.1 Å². The highest BCUT2D eigenvalue weighted by atomic mass is 16.3. The van der Waals surface area contributed by atoms with Crippen molar-refractivity contribution >= 4 is 43.7 Å². The fourth-order valence-corrected chi connectivity index (χ4v) is 6.19. The van der Waals surface area contributed by atoms with Crippen LogP contribution in [0, 0.1) is 0 Å². The van der Waals surface area contributed by atoms with Crippen LogP contribution < -0.4 is 0 Å². The molecule has 4 heterocycles. The molecule has 0 saturated carbocycles. The molecule has 0 aliphatic heterocycles. The van der Waals surface area contributed by atoms with Crippen molar-refractivity contribution in [2.24, 2.45) is 0 Å². The molecule has 0 bridgehead atoms. The van der Waals surface area contributed by atoms with Crippen molar-refractivity contribution in [1.29, 1.82) is 0 Å². The third-order valence-electron chi connectivity index (χ3n) is 8.15. The molecule has 0 spiro atoms. The lowest BCUT2D eigenvalue weighted by Crippen LogP contribution is -2.01. The quantitative estimate of drug-likeness (QED) is 0.213. The maximum absolute atomic E-state index is 6.14. The number of nitrogens with zero attached hydrogens (tertiary/aromatic N) is 5. The SMILES string of the molecule is c1ccc(-c2nc(-c3cccc(-n4c5ccccc5c5ccccc54)c3)nc(-c3cccc4oc5cnccc5c34)n2)cc1. The molecule has 0 saturated heterocycles. The van der Waals surface area contributed by atoms with Gasteiger partial charge in [-0.25, -0.2) is 15.0 Å². The number of fused-ring (bicyclic) bond motifs is 6. The molecule has 4 aromatic heterocycles. The van der Waals surface area contributed by atoms with Gasteiger partial charge in [-0.15, -0.1) is 0 Å². The summed E-state index contributed by atoms with van der Waals surface area (Å²) in [6.45, 7) is 0. The van der Waals surface area contributed by atoms with Gasteiger partial charge < -0.3 is 8.98 Å². The number of benzene rings is 5. The Bertz CT molecular complexity index is 2460. The normalized spacial score (nSPS) is 11.6. The van der Waals surface area contributed by atoms with Crippen molar-refractivity contribution in [3.05, 3.63) is 140 Å². The average Bonchev–Trinajstić information content (AvgIpc) is 3.65. The number of hydrogen-bond donors (Lipinski definition) is 0. The first-order valence-corrected chi connectivity index (χ1v) is 14.5. The van der Waals surface area contributed by atoms with Gasteiger partial charge in [0, 0.05) is 50.1 Å². The minimum Gasteiger partial charge on any atom is -0.454 e. The zero-order chi connectivity index (χ0) is 29.0. The Kier molecular flexibility index (Phi) is 5.40. The molecule has 0 aliphatic carbocycles. The summed E-state index contributed by atoms with van der Waals surface area (Å²) in [5, 5.41) is 4.37. The van der Waals surface area contributed by atoms with E-state index in [0.29, 0.717) is 17.5 Å². The topological polar surface area (TPSA) is 69.6 Å². The van der Waals surface area contributed by atoms with Crippen molar-refractivity contribution < 1.29 is 4.42 Å². The molecule has 0 fully saturated rings. The Morgan fingerprint density at radius 1 is 0.500 bits per heavy atom. The molecule has 9 aromatic rings. The van der Waals surface area contributed by atoms with E-state index in [1.807, 2.05) is 54.6 Å². The molecule has 0 atom stereocenters. The van der Waals surface area contributed by atoms with Gasteiger partial charge >= 0.3 is 0 Å². The van der Waals surface area contributed by atoms with E-state index < -0.39 is 0 Å². The molecule has 0 radical (unpaired) electrons. The molecule has 0 amide bonds. The predicted octanol–water partition coefficient (Wildman–Crippen LogP) is 9.26. The Morgan fingerprint density at radius 3 is 1.95 bits per heavy atom. The second-order valence-corrected chi connectivity index (χ2v) is 10.7. The highest BCUT2D eigenvalue weighted by Gasteiger charge is 2.18. The van der Waals surface area contributed by atoms with E-state index in [0.717, 1.165) is 55.3 Å².